The number of hydrogen-bond donors (Lipinski definition) is 0. The van der Waals surface area contributed by atoms with Crippen LogP contribution in [0.25, 0.3) is 11.1 Å². The van der Waals surface area contributed by atoms with Gasteiger partial charge in [-0.25, -0.2) is 9.59 Å². The molecule has 1 aliphatic heterocycles. The predicted octanol–water partition coefficient (Wildman–Crippen LogP) is 3.10. The van der Waals surface area contributed by atoms with Crippen molar-refractivity contribution >= 4 is 12.1 Å². The smallest absolute Gasteiger partial charge is 0.444 e. The molecule has 4 rings (SSSR count). The van der Waals surface area contributed by atoms with Crippen LogP contribution >= 0.6 is 0 Å². The van der Waals surface area contributed by atoms with Gasteiger partial charge in [0.2, 0.25) is 0 Å². The van der Waals surface area contributed by atoms with Crippen LogP contribution in [-0.2, 0) is 14.4 Å². The van der Waals surface area contributed by atoms with Gasteiger partial charge in [-0.1, -0.05) is 48.5 Å². The molecule has 0 unspecified atom stereocenters. The first-order valence-electron chi connectivity index (χ1n) is 7.53. The number of ether oxygens (including phenoxy) is 1. The first-order valence-corrected chi connectivity index (χ1v) is 7.53. The minimum atomic E-state index is -0.626. The van der Waals surface area contributed by atoms with Gasteiger partial charge >= 0.3 is 12.1 Å². The van der Waals surface area contributed by atoms with E-state index in [2.05, 4.69) is 29.1 Å². The highest BCUT2D eigenvalue weighted by molar-refractivity contribution is 5.86. The average Bonchev–Trinajstić information content (AvgIpc) is 2.91. The fourth-order valence-corrected chi connectivity index (χ4v) is 3.15. The maximum atomic E-state index is 12.0. The Balaban J connectivity index is 1.55. The normalized spacial score (nSPS) is 18.7. The van der Waals surface area contributed by atoms with E-state index in [1.54, 1.807) is 6.92 Å². The Morgan fingerprint density at radius 2 is 1.65 bits per heavy atom. The second-order valence-electron chi connectivity index (χ2n) is 5.72. The fourth-order valence-electron chi connectivity index (χ4n) is 3.15. The van der Waals surface area contributed by atoms with Crippen LogP contribution in [0.1, 0.15) is 24.0 Å². The molecule has 0 spiro atoms. The summed E-state index contributed by atoms with van der Waals surface area (Å²) in [5.41, 5.74) is 4.64. The summed E-state index contributed by atoms with van der Waals surface area (Å²) in [5.74, 6) is -0.419. The minimum absolute atomic E-state index is 0.00126. The summed E-state index contributed by atoms with van der Waals surface area (Å²) in [7, 11) is 0. The number of carbonyl (C=O) groups excluding carboxylic acids is 2. The monoisotopic (exact) mass is 309 g/mol. The molecule has 23 heavy (non-hydrogen) atoms. The third-order valence-corrected chi connectivity index (χ3v) is 4.40. The first-order chi connectivity index (χ1) is 11.2. The van der Waals surface area contributed by atoms with Crippen LogP contribution in [0.15, 0.2) is 48.5 Å². The van der Waals surface area contributed by atoms with Gasteiger partial charge in [0.05, 0.1) is 0 Å². The molecule has 1 fully saturated rings. The summed E-state index contributed by atoms with van der Waals surface area (Å²) in [6, 6.07) is 15.7. The van der Waals surface area contributed by atoms with Crippen molar-refractivity contribution in [3.8, 4) is 11.1 Å². The van der Waals surface area contributed by atoms with Crippen LogP contribution in [0.4, 0.5) is 4.79 Å². The fraction of sp³-hybridized carbons (Fsp3) is 0.222. The van der Waals surface area contributed by atoms with E-state index in [0.29, 0.717) is 0 Å². The Morgan fingerprint density at radius 3 is 2.17 bits per heavy atom. The Morgan fingerprint density at radius 1 is 1.09 bits per heavy atom. The lowest BCUT2D eigenvalue weighted by Gasteiger charge is -2.33. The van der Waals surface area contributed by atoms with Crippen LogP contribution < -0.4 is 0 Å². The van der Waals surface area contributed by atoms with E-state index >= 15 is 0 Å². The molecule has 2 aromatic carbocycles. The largest absolute Gasteiger partial charge is 0.446 e. The van der Waals surface area contributed by atoms with Gasteiger partial charge in [-0.15, -0.1) is 5.06 Å². The molecule has 0 radical (unpaired) electrons. The number of carbonyl (C=O) groups is 2. The molecule has 5 heteroatoms. The summed E-state index contributed by atoms with van der Waals surface area (Å²) in [5, 5.41) is 0.967. The molecule has 5 nitrogen and oxygen atoms in total. The lowest BCUT2D eigenvalue weighted by atomic mass is 9.98. The summed E-state index contributed by atoms with van der Waals surface area (Å²) >= 11 is 0. The topological polar surface area (TPSA) is 55.8 Å². The molecule has 0 saturated carbocycles. The highest BCUT2D eigenvalue weighted by Gasteiger charge is 2.42. The van der Waals surface area contributed by atoms with Crippen molar-refractivity contribution in [2.24, 2.45) is 0 Å². The van der Waals surface area contributed by atoms with Crippen LogP contribution in [-0.4, -0.2) is 29.8 Å². The summed E-state index contributed by atoms with van der Waals surface area (Å²) < 4.78 is 5.37. The van der Waals surface area contributed by atoms with E-state index in [-0.39, 0.29) is 12.5 Å². The lowest BCUT2D eigenvalue weighted by molar-refractivity contribution is -0.238. The van der Waals surface area contributed by atoms with Crippen LogP contribution in [0, 0.1) is 0 Å². The second-order valence-corrected chi connectivity index (χ2v) is 5.72. The number of fused-ring (bicyclic) bond motifs is 3. The third-order valence-electron chi connectivity index (χ3n) is 4.40. The zero-order valence-electron chi connectivity index (χ0n) is 12.6. The molecule has 0 bridgehead atoms. The quantitative estimate of drug-likeness (QED) is 0.855. The maximum Gasteiger partial charge on any atom is 0.444 e. The maximum absolute atomic E-state index is 12.0. The van der Waals surface area contributed by atoms with E-state index in [4.69, 9.17) is 4.74 Å². The van der Waals surface area contributed by atoms with Crippen molar-refractivity contribution in [3.05, 3.63) is 59.7 Å². The molecule has 0 aromatic heterocycles. The number of nitrogens with zero attached hydrogens (tertiary/aromatic N) is 1. The Kier molecular flexibility index (Phi) is 3.08. The summed E-state index contributed by atoms with van der Waals surface area (Å²) in [6.45, 7) is 1.82. The van der Waals surface area contributed by atoms with Gasteiger partial charge in [-0.05, 0) is 29.2 Å². The Labute approximate surface area is 133 Å². The van der Waals surface area contributed by atoms with Gasteiger partial charge in [0.1, 0.15) is 6.61 Å². The van der Waals surface area contributed by atoms with Crippen molar-refractivity contribution in [1.29, 1.82) is 0 Å². The third kappa shape index (κ3) is 2.08. The summed E-state index contributed by atoms with van der Waals surface area (Å²) in [4.78, 5) is 27.7. The molecule has 1 atom stereocenters. The van der Waals surface area contributed by atoms with E-state index in [1.807, 2.05) is 24.3 Å². The Hall–Kier alpha value is -2.82. The van der Waals surface area contributed by atoms with Crippen molar-refractivity contribution in [1.82, 2.24) is 5.06 Å². The van der Waals surface area contributed by atoms with Crippen molar-refractivity contribution in [3.63, 3.8) is 0 Å². The number of hydroxylamine groups is 2. The molecule has 2 aliphatic rings. The second kappa shape index (κ2) is 5.12. The SMILES string of the molecule is C[C@@H]1C(=O)ON1C(=O)OCC1c2ccccc2-c2ccccc21. The van der Waals surface area contributed by atoms with E-state index in [0.717, 1.165) is 16.2 Å². The van der Waals surface area contributed by atoms with Crippen molar-refractivity contribution < 1.29 is 19.2 Å². The predicted molar refractivity (Wildman–Crippen MR) is 82.5 cm³/mol. The highest BCUT2D eigenvalue weighted by Crippen LogP contribution is 2.44. The standard InChI is InChI=1S/C18H15NO4/c1-11-17(20)23-19(11)18(21)22-10-16-14-8-4-2-6-12(14)13-7-3-5-9-15(13)16/h2-9,11,16H,10H2,1H3/t11-/m1/s1. The van der Waals surface area contributed by atoms with Gasteiger partial charge in [0.25, 0.3) is 0 Å². The molecular weight excluding hydrogens is 294 g/mol. The highest BCUT2D eigenvalue weighted by atomic mass is 16.8. The number of benzene rings is 2. The molecule has 1 amide bonds. The van der Waals surface area contributed by atoms with Gasteiger partial charge in [-0.2, -0.15) is 0 Å². The lowest BCUT2D eigenvalue weighted by Crippen LogP contribution is -2.56. The molecule has 1 heterocycles. The van der Waals surface area contributed by atoms with E-state index in [1.165, 1.54) is 11.1 Å². The number of rotatable bonds is 2. The average molecular weight is 309 g/mol. The van der Waals surface area contributed by atoms with Crippen molar-refractivity contribution in [2.75, 3.05) is 6.61 Å². The van der Waals surface area contributed by atoms with Gasteiger partial charge in [0, 0.05) is 5.92 Å². The van der Waals surface area contributed by atoms with Crippen molar-refractivity contribution in [2.45, 2.75) is 18.9 Å². The van der Waals surface area contributed by atoms with Gasteiger partial charge in [0.15, 0.2) is 6.04 Å². The van der Waals surface area contributed by atoms with Gasteiger partial charge < -0.3 is 9.57 Å². The molecule has 2 aromatic rings. The number of amides is 1. The van der Waals surface area contributed by atoms with Crippen LogP contribution in [0.2, 0.25) is 0 Å². The molecule has 0 N–H and O–H groups in total. The Bertz CT molecular complexity index is 756. The van der Waals surface area contributed by atoms with E-state index in [9.17, 15) is 9.59 Å². The zero-order valence-corrected chi connectivity index (χ0v) is 12.6. The van der Waals surface area contributed by atoms with Crippen LogP contribution in [0.3, 0.4) is 0 Å². The molecular formula is C18H15NO4. The zero-order chi connectivity index (χ0) is 16.0. The number of hydrogen-bond acceptors (Lipinski definition) is 4. The van der Waals surface area contributed by atoms with E-state index < -0.39 is 18.1 Å². The van der Waals surface area contributed by atoms with Gasteiger partial charge in [-0.3, -0.25) is 0 Å². The minimum Gasteiger partial charge on any atom is -0.446 e. The molecule has 116 valence electrons. The summed E-state index contributed by atoms with van der Waals surface area (Å²) in [6.07, 6.45) is -0.626. The first kappa shape index (κ1) is 13.8. The molecule has 1 saturated heterocycles. The molecule has 1 aliphatic carbocycles. The van der Waals surface area contributed by atoms with Crippen LogP contribution in [0.5, 0.6) is 0 Å².